The predicted octanol–water partition coefficient (Wildman–Crippen LogP) is 3.70. The molecule has 0 aliphatic carbocycles. The average molecular weight is 324 g/mol. The Balaban J connectivity index is 1.66. The van der Waals surface area contributed by atoms with Crippen LogP contribution in [0.25, 0.3) is 11.4 Å². The number of aromatic nitrogens is 2. The summed E-state index contributed by atoms with van der Waals surface area (Å²) in [7, 11) is 1.55. The Hall–Kier alpha value is -3.35. The SMILES string of the molecule is COc1ccccc1NC(=O)Nc1ccc(-c2noc(C)n2)cc1. The van der Waals surface area contributed by atoms with E-state index in [1.54, 1.807) is 38.3 Å². The highest BCUT2D eigenvalue weighted by Gasteiger charge is 2.08. The van der Waals surface area contributed by atoms with Crippen LogP contribution in [0.15, 0.2) is 53.1 Å². The summed E-state index contributed by atoms with van der Waals surface area (Å²) in [5.74, 6) is 1.61. The summed E-state index contributed by atoms with van der Waals surface area (Å²) in [6.07, 6.45) is 0. The molecule has 1 aromatic heterocycles. The van der Waals surface area contributed by atoms with Gasteiger partial charge >= 0.3 is 6.03 Å². The number of hydrogen-bond donors (Lipinski definition) is 2. The number of urea groups is 1. The molecule has 0 unspecified atom stereocenters. The van der Waals surface area contributed by atoms with Gasteiger partial charge < -0.3 is 19.9 Å². The molecule has 0 atom stereocenters. The van der Waals surface area contributed by atoms with Crippen molar-refractivity contribution >= 4 is 17.4 Å². The fraction of sp³-hybridized carbons (Fsp3) is 0.118. The maximum absolute atomic E-state index is 12.1. The Labute approximate surface area is 138 Å². The van der Waals surface area contributed by atoms with Gasteiger partial charge in [-0.2, -0.15) is 4.98 Å². The molecule has 0 saturated heterocycles. The molecule has 3 rings (SSSR count). The second-order valence-corrected chi connectivity index (χ2v) is 4.99. The molecule has 0 bridgehead atoms. The van der Waals surface area contributed by atoms with E-state index >= 15 is 0 Å². The van der Waals surface area contributed by atoms with Gasteiger partial charge in [-0.15, -0.1) is 0 Å². The number of para-hydroxylation sites is 2. The van der Waals surface area contributed by atoms with Crippen molar-refractivity contribution in [2.24, 2.45) is 0 Å². The highest BCUT2D eigenvalue weighted by Crippen LogP contribution is 2.23. The van der Waals surface area contributed by atoms with Gasteiger partial charge in [-0.05, 0) is 36.4 Å². The van der Waals surface area contributed by atoms with E-state index in [1.807, 2.05) is 24.3 Å². The van der Waals surface area contributed by atoms with Gasteiger partial charge in [0.2, 0.25) is 11.7 Å². The molecule has 0 aliphatic heterocycles. The van der Waals surface area contributed by atoms with Crippen molar-refractivity contribution in [3.8, 4) is 17.1 Å². The lowest BCUT2D eigenvalue weighted by Gasteiger charge is -2.11. The van der Waals surface area contributed by atoms with Gasteiger partial charge in [0, 0.05) is 18.2 Å². The summed E-state index contributed by atoms with van der Waals surface area (Å²) in [5, 5.41) is 9.35. The van der Waals surface area contributed by atoms with E-state index in [0.29, 0.717) is 28.8 Å². The van der Waals surface area contributed by atoms with E-state index in [-0.39, 0.29) is 6.03 Å². The molecule has 0 aliphatic rings. The van der Waals surface area contributed by atoms with Gasteiger partial charge in [0.1, 0.15) is 5.75 Å². The lowest BCUT2D eigenvalue weighted by molar-refractivity contribution is 0.262. The predicted molar refractivity (Wildman–Crippen MR) is 90.1 cm³/mol. The van der Waals surface area contributed by atoms with Crippen LogP contribution in [0.2, 0.25) is 0 Å². The molecule has 24 heavy (non-hydrogen) atoms. The smallest absolute Gasteiger partial charge is 0.323 e. The third kappa shape index (κ3) is 3.52. The Morgan fingerprint density at radius 3 is 2.50 bits per heavy atom. The van der Waals surface area contributed by atoms with E-state index in [0.717, 1.165) is 5.56 Å². The maximum atomic E-state index is 12.1. The first-order valence-corrected chi connectivity index (χ1v) is 7.27. The number of hydrogen-bond acceptors (Lipinski definition) is 5. The number of nitrogens with one attached hydrogen (secondary N) is 2. The first kappa shape index (κ1) is 15.5. The van der Waals surface area contributed by atoms with Crippen molar-refractivity contribution in [1.29, 1.82) is 0 Å². The van der Waals surface area contributed by atoms with Crippen molar-refractivity contribution in [2.75, 3.05) is 17.7 Å². The number of anilines is 2. The number of aryl methyl sites for hydroxylation is 1. The van der Waals surface area contributed by atoms with Crippen molar-refractivity contribution < 1.29 is 14.1 Å². The van der Waals surface area contributed by atoms with Crippen LogP contribution < -0.4 is 15.4 Å². The second-order valence-electron chi connectivity index (χ2n) is 4.99. The molecule has 0 saturated carbocycles. The van der Waals surface area contributed by atoms with Gasteiger partial charge in [0.25, 0.3) is 0 Å². The quantitative estimate of drug-likeness (QED) is 0.764. The summed E-state index contributed by atoms with van der Waals surface area (Å²) >= 11 is 0. The van der Waals surface area contributed by atoms with Crippen LogP contribution in [-0.4, -0.2) is 23.3 Å². The normalized spacial score (nSPS) is 10.2. The molecular weight excluding hydrogens is 308 g/mol. The first-order chi connectivity index (χ1) is 11.7. The summed E-state index contributed by atoms with van der Waals surface area (Å²) in [4.78, 5) is 16.2. The zero-order valence-corrected chi connectivity index (χ0v) is 13.2. The number of ether oxygens (including phenoxy) is 1. The van der Waals surface area contributed by atoms with E-state index in [2.05, 4.69) is 20.8 Å². The van der Waals surface area contributed by atoms with Gasteiger partial charge in [-0.1, -0.05) is 17.3 Å². The van der Waals surface area contributed by atoms with Crippen LogP contribution in [0.4, 0.5) is 16.2 Å². The number of nitrogens with zero attached hydrogens (tertiary/aromatic N) is 2. The summed E-state index contributed by atoms with van der Waals surface area (Å²) < 4.78 is 10.1. The standard InChI is InChI=1S/C17H16N4O3/c1-11-18-16(21-24-11)12-7-9-13(10-8-12)19-17(22)20-14-5-3-4-6-15(14)23-2/h3-10H,1-2H3,(H2,19,20,22). The molecular formula is C17H16N4O3. The van der Waals surface area contributed by atoms with Crippen LogP contribution >= 0.6 is 0 Å². The van der Waals surface area contributed by atoms with E-state index in [4.69, 9.17) is 9.26 Å². The first-order valence-electron chi connectivity index (χ1n) is 7.27. The zero-order valence-electron chi connectivity index (χ0n) is 13.2. The Morgan fingerprint density at radius 1 is 1.08 bits per heavy atom. The lowest BCUT2D eigenvalue weighted by atomic mass is 10.2. The number of benzene rings is 2. The van der Waals surface area contributed by atoms with Crippen LogP contribution in [-0.2, 0) is 0 Å². The van der Waals surface area contributed by atoms with Gasteiger partial charge in [-0.3, -0.25) is 0 Å². The van der Waals surface area contributed by atoms with E-state index in [9.17, 15) is 4.79 Å². The van der Waals surface area contributed by atoms with Crippen LogP contribution in [0.3, 0.4) is 0 Å². The van der Waals surface area contributed by atoms with Crippen molar-refractivity contribution in [3.05, 3.63) is 54.4 Å². The number of carbonyl (C=O) groups is 1. The highest BCUT2D eigenvalue weighted by atomic mass is 16.5. The minimum Gasteiger partial charge on any atom is -0.495 e. The monoisotopic (exact) mass is 324 g/mol. The molecule has 0 radical (unpaired) electrons. The van der Waals surface area contributed by atoms with Crippen LogP contribution in [0, 0.1) is 6.92 Å². The summed E-state index contributed by atoms with van der Waals surface area (Å²) in [6, 6.07) is 14.0. The van der Waals surface area contributed by atoms with Crippen molar-refractivity contribution in [2.45, 2.75) is 6.92 Å². The minimum atomic E-state index is -0.359. The molecule has 2 aromatic carbocycles. The van der Waals surface area contributed by atoms with E-state index in [1.165, 1.54) is 0 Å². The number of amides is 2. The highest BCUT2D eigenvalue weighted by molar-refractivity contribution is 6.00. The molecule has 0 fully saturated rings. The second kappa shape index (κ2) is 6.82. The van der Waals surface area contributed by atoms with E-state index < -0.39 is 0 Å². The summed E-state index contributed by atoms with van der Waals surface area (Å²) in [6.45, 7) is 1.73. The Bertz CT molecular complexity index is 843. The third-order valence-electron chi connectivity index (χ3n) is 3.28. The van der Waals surface area contributed by atoms with Crippen molar-refractivity contribution in [3.63, 3.8) is 0 Å². The van der Waals surface area contributed by atoms with Gasteiger partial charge in [0.05, 0.1) is 12.8 Å². The van der Waals surface area contributed by atoms with Gasteiger partial charge in [0.15, 0.2) is 0 Å². The van der Waals surface area contributed by atoms with Gasteiger partial charge in [-0.25, -0.2) is 4.79 Å². The molecule has 0 spiro atoms. The van der Waals surface area contributed by atoms with Crippen LogP contribution in [0.5, 0.6) is 5.75 Å². The largest absolute Gasteiger partial charge is 0.495 e. The topological polar surface area (TPSA) is 89.3 Å². The van der Waals surface area contributed by atoms with Crippen LogP contribution in [0.1, 0.15) is 5.89 Å². The Kier molecular flexibility index (Phi) is 4.42. The molecule has 3 aromatic rings. The molecule has 7 nitrogen and oxygen atoms in total. The number of rotatable bonds is 4. The third-order valence-corrected chi connectivity index (χ3v) is 3.28. The molecule has 2 N–H and O–H groups in total. The molecule has 122 valence electrons. The zero-order chi connectivity index (χ0) is 16.9. The average Bonchev–Trinajstić information content (AvgIpc) is 3.02. The maximum Gasteiger partial charge on any atom is 0.323 e. The molecule has 2 amide bonds. The summed E-state index contributed by atoms with van der Waals surface area (Å²) in [5.41, 5.74) is 2.05. The number of carbonyl (C=O) groups excluding carboxylic acids is 1. The number of methoxy groups -OCH3 is 1. The Morgan fingerprint density at radius 2 is 1.83 bits per heavy atom. The minimum absolute atomic E-state index is 0.359. The molecule has 7 heteroatoms. The lowest BCUT2D eigenvalue weighted by Crippen LogP contribution is -2.19. The fourth-order valence-corrected chi connectivity index (χ4v) is 2.15. The molecule has 1 heterocycles. The van der Waals surface area contributed by atoms with Crippen molar-refractivity contribution in [1.82, 2.24) is 10.1 Å². The fourth-order valence-electron chi connectivity index (χ4n) is 2.15.